The average Bonchev–Trinajstić information content (AvgIpc) is 2.68. The molecule has 0 radical (unpaired) electrons. The highest BCUT2D eigenvalue weighted by molar-refractivity contribution is 14.1. The van der Waals surface area contributed by atoms with Gasteiger partial charge >= 0.3 is 0 Å². The fourth-order valence-corrected chi connectivity index (χ4v) is 3.50. The molecule has 1 N–H and O–H groups in total. The molecule has 1 aromatic heterocycles. The fourth-order valence-electron chi connectivity index (χ4n) is 1.92. The van der Waals surface area contributed by atoms with Gasteiger partial charge in [0.25, 0.3) is 0 Å². The predicted octanol–water partition coefficient (Wildman–Crippen LogP) is 5.14. The van der Waals surface area contributed by atoms with Crippen molar-refractivity contribution in [1.82, 2.24) is 0 Å². The minimum absolute atomic E-state index is 0.369. The molecule has 2 aromatic rings. The Hall–Kier alpha value is -0.550. The van der Waals surface area contributed by atoms with Gasteiger partial charge in [0.15, 0.2) is 0 Å². The van der Waals surface area contributed by atoms with E-state index < -0.39 is 0 Å². The van der Waals surface area contributed by atoms with Gasteiger partial charge in [-0.05, 0) is 84.1 Å². The molecule has 1 aromatic carbocycles. The molecular weight excluding hydrogens is 341 g/mol. The van der Waals surface area contributed by atoms with Crippen LogP contribution in [-0.4, -0.2) is 0 Å². The summed E-state index contributed by atoms with van der Waals surface area (Å²) in [5, 5.41) is 5.74. The highest BCUT2D eigenvalue weighted by Gasteiger charge is 2.10. The molecule has 1 unspecified atom stereocenters. The molecule has 3 heteroatoms. The van der Waals surface area contributed by atoms with Crippen molar-refractivity contribution in [3.05, 3.63) is 49.2 Å². The summed E-state index contributed by atoms with van der Waals surface area (Å²) in [5.74, 6) is 0. The number of hydrogen-bond acceptors (Lipinski definition) is 2. The van der Waals surface area contributed by atoms with E-state index in [-0.39, 0.29) is 0 Å². The van der Waals surface area contributed by atoms with Gasteiger partial charge in [-0.25, -0.2) is 0 Å². The first kappa shape index (κ1) is 12.9. The maximum atomic E-state index is 3.59. The molecule has 0 spiro atoms. The molecule has 0 aliphatic heterocycles. The topological polar surface area (TPSA) is 12.0 Å². The first-order valence-corrected chi connectivity index (χ1v) is 7.60. The lowest BCUT2D eigenvalue weighted by atomic mass is 10.1. The van der Waals surface area contributed by atoms with Gasteiger partial charge < -0.3 is 5.32 Å². The Morgan fingerprint density at radius 3 is 2.53 bits per heavy atom. The van der Waals surface area contributed by atoms with Crippen molar-refractivity contribution in [2.45, 2.75) is 26.8 Å². The summed E-state index contributed by atoms with van der Waals surface area (Å²) in [5.41, 5.74) is 3.90. The zero-order valence-corrected chi connectivity index (χ0v) is 13.2. The smallest absolute Gasteiger partial charge is 0.0581 e. The van der Waals surface area contributed by atoms with Crippen LogP contribution in [0.1, 0.15) is 29.0 Å². The average molecular weight is 357 g/mol. The minimum atomic E-state index is 0.369. The van der Waals surface area contributed by atoms with Crippen LogP contribution in [0, 0.1) is 17.4 Å². The van der Waals surface area contributed by atoms with Gasteiger partial charge in [-0.1, -0.05) is 0 Å². The number of aryl methyl sites for hydroxylation is 2. The van der Waals surface area contributed by atoms with Crippen molar-refractivity contribution in [2.24, 2.45) is 0 Å². The van der Waals surface area contributed by atoms with Crippen molar-refractivity contribution in [2.75, 3.05) is 5.32 Å². The van der Waals surface area contributed by atoms with E-state index in [1.807, 2.05) is 11.3 Å². The van der Waals surface area contributed by atoms with Crippen molar-refractivity contribution >= 4 is 39.6 Å². The minimum Gasteiger partial charge on any atom is -0.377 e. The Morgan fingerprint density at radius 1 is 1.18 bits per heavy atom. The van der Waals surface area contributed by atoms with Gasteiger partial charge in [0.2, 0.25) is 0 Å². The van der Waals surface area contributed by atoms with E-state index in [1.165, 1.54) is 25.3 Å². The number of anilines is 1. The van der Waals surface area contributed by atoms with E-state index in [1.54, 1.807) is 0 Å². The van der Waals surface area contributed by atoms with E-state index in [4.69, 9.17) is 0 Å². The second kappa shape index (κ2) is 5.40. The van der Waals surface area contributed by atoms with Crippen LogP contribution in [0.5, 0.6) is 0 Å². The molecule has 2 rings (SSSR count). The first-order chi connectivity index (χ1) is 8.08. The molecule has 0 saturated carbocycles. The second-order valence-electron chi connectivity index (χ2n) is 4.29. The number of rotatable bonds is 3. The maximum absolute atomic E-state index is 3.59. The largest absolute Gasteiger partial charge is 0.377 e. The van der Waals surface area contributed by atoms with Crippen LogP contribution < -0.4 is 5.32 Å². The molecule has 0 amide bonds. The molecule has 0 fully saturated rings. The number of nitrogens with one attached hydrogen (secondary N) is 1. The highest BCUT2D eigenvalue weighted by Crippen LogP contribution is 2.28. The van der Waals surface area contributed by atoms with Crippen LogP contribution in [0.2, 0.25) is 0 Å². The molecule has 90 valence electrons. The maximum Gasteiger partial charge on any atom is 0.0581 e. The SMILES string of the molecule is Cc1cc(I)ccc1NC(C)c1sccc1C. The van der Waals surface area contributed by atoms with Gasteiger partial charge in [-0.2, -0.15) is 0 Å². The summed E-state index contributed by atoms with van der Waals surface area (Å²) in [7, 11) is 0. The van der Waals surface area contributed by atoms with Gasteiger partial charge in [-0.3, -0.25) is 0 Å². The summed E-state index contributed by atoms with van der Waals surface area (Å²) >= 11 is 4.17. The lowest BCUT2D eigenvalue weighted by Gasteiger charge is -2.17. The van der Waals surface area contributed by atoms with Crippen molar-refractivity contribution in [3.8, 4) is 0 Å². The Labute approximate surface area is 120 Å². The summed E-state index contributed by atoms with van der Waals surface area (Å²) in [4.78, 5) is 1.42. The summed E-state index contributed by atoms with van der Waals surface area (Å²) in [6, 6.07) is 9.06. The standard InChI is InChI=1S/C14H16INS/c1-9-6-7-17-14(9)11(3)16-13-5-4-12(15)8-10(13)2/h4-8,11,16H,1-3H3. The lowest BCUT2D eigenvalue weighted by Crippen LogP contribution is -2.07. The van der Waals surface area contributed by atoms with Crippen LogP contribution in [0.4, 0.5) is 5.69 Å². The Bertz CT molecular complexity index is 519. The van der Waals surface area contributed by atoms with Crippen LogP contribution in [-0.2, 0) is 0 Å². The summed E-state index contributed by atoms with van der Waals surface area (Å²) in [6.07, 6.45) is 0. The van der Waals surface area contributed by atoms with Crippen LogP contribution in [0.3, 0.4) is 0 Å². The number of hydrogen-bond donors (Lipinski definition) is 1. The molecule has 0 aliphatic rings. The van der Waals surface area contributed by atoms with E-state index in [0.29, 0.717) is 6.04 Å². The van der Waals surface area contributed by atoms with E-state index in [0.717, 1.165) is 0 Å². The Balaban J connectivity index is 2.19. The number of benzene rings is 1. The molecule has 17 heavy (non-hydrogen) atoms. The Morgan fingerprint density at radius 2 is 1.94 bits per heavy atom. The van der Waals surface area contributed by atoms with Crippen LogP contribution in [0.25, 0.3) is 0 Å². The van der Waals surface area contributed by atoms with E-state index in [9.17, 15) is 0 Å². The third-order valence-corrected chi connectivity index (χ3v) is 4.73. The lowest BCUT2D eigenvalue weighted by molar-refractivity contribution is 0.896. The van der Waals surface area contributed by atoms with Gasteiger partial charge in [0, 0.05) is 14.1 Å². The molecule has 0 bridgehead atoms. The van der Waals surface area contributed by atoms with Gasteiger partial charge in [-0.15, -0.1) is 11.3 Å². The summed E-state index contributed by atoms with van der Waals surface area (Å²) in [6.45, 7) is 6.54. The van der Waals surface area contributed by atoms with Gasteiger partial charge in [0.05, 0.1) is 6.04 Å². The van der Waals surface area contributed by atoms with Crippen LogP contribution in [0.15, 0.2) is 29.6 Å². The third-order valence-electron chi connectivity index (χ3n) is 2.86. The number of halogens is 1. The zero-order valence-electron chi connectivity index (χ0n) is 10.3. The molecule has 1 nitrogen and oxygen atoms in total. The number of thiophene rings is 1. The van der Waals surface area contributed by atoms with Crippen molar-refractivity contribution < 1.29 is 0 Å². The third kappa shape index (κ3) is 3.01. The predicted molar refractivity (Wildman–Crippen MR) is 85.0 cm³/mol. The van der Waals surface area contributed by atoms with Gasteiger partial charge in [0.1, 0.15) is 0 Å². The zero-order chi connectivity index (χ0) is 12.4. The monoisotopic (exact) mass is 357 g/mol. The first-order valence-electron chi connectivity index (χ1n) is 5.64. The quantitative estimate of drug-likeness (QED) is 0.750. The van der Waals surface area contributed by atoms with Crippen LogP contribution >= 0.6 is 33.9 Å². The molecule has 1 atom stereocenters. The Kier molecular flexibility index (Phi) is 4.09. The van der Waals surface area contributed by atoms with Crippen molar-refractivity contribution in [3.63, 3.8) is 0 Å². The normalized spacial score (nSPS) is 12.5. The van der Waals surface area contributed by atoms with Crippen molar-refractivity contribution in [1.29, 1.82) is 0 Å². The second-order valence-corrected chi connectivity index (χ2v) is 6.49. The molecule has 0 saturated heterocycles. The fraction of sp³-hybridized carbons (Fsp3) is 0.286. The molecule has 0 aliphatic carbocycles. The van der Waals surface area contributed by atoms with E-state index in [2.05, 4.69) is 78.3 Å². The van der Waals surface area contributed by atoms with E-state index >= 15 is 0 Å². The summed E-state index contributed by atoms with van der Waals surface area (Å²) < 4.78 is 1.28. The highest BCUT2D eigenvalue weighted by atomic mass is 127. The molecule has 1 heterocycles. The molecular formula is C14H16INS.